The molecule has 2 aromatic heterocycles. The average Bonchev–Trinajstić information content (AvgIpc) is 2.77. The maximum absolute atomic E-state index is 6.31. The number of para-hydroxylation sites is 1. The average molecular weight is 323 g/mol. The molecule has 0 spiro atoms. The minimum Gasteiger partial charge on any atom is -0.266 e. The number of halogens is 2. The highest BCUT2D eigenvalue weighted by Gasteiger charge is 2.10. The van der Waals surface area contributed by atoms with Crippen molar-refractivity contribution >= 4 is 38.4 Å². The summed E-state index contributed by atoms with van der Waals surface area (Å²) in [6, 6.07) is 9.65. The lowest BCUT2D eigenvalue weighted by atomic mass is 10.2. The highest BCUT2D eigenvalue weighted by molar-refractivity contribution is 9.10. The topological polar surface area (TPSA) is 30.7 Å². The molecule has 0 bridgehead atoms. The van der Waals surface area contributed by atoms with E-state index >= 15 is 0 Å². The summed E-state index contributed by atoms with van der Waals surface area (Å²) < 4.78 is 2.72. The molecule has 0 aliphatic heterocycles. The molecule has 0 saturated heterocycles. The molecule has 3 aromatic rings. The van der Waals surface area contributed by atoms with E-state index in [1.165, 1.54) is 0 Å². The van der Waals surface area contributed by atoms with Gasteiger partial charge in [0.15, 0.2) is 0 Å². The number of nitrogens with zero attached hydrogens (tertiary/aromatic N) is 3. The van der Waals surface area contributed by atoms with Crippen molar-refractivity contribution in [2.45, 2.75) is 0 Å². The Morgan fingerprint density at radius 3 is 2.83 bits per heavy atom. The molecule has 5 heteroatoms. The number of aromatic nitrogens is 3. The van der Waals surface area contributed by atoms with Crippen LogP contribution in [0.3, 0.4) is 0 Å². The van der Waals surface area contributed by atoms with Crippen LogP contribution in [0.5, 0.6) is 0 Å². The first-order valence-corrected chi connectivity index (χ1v) is 6.57. The molecular formula is C13H9BrClN3. The lowest BCUT2D eigenvalue weighted by Gasteiger charge is -2.07. The summed E-state index contributed by atoms with van der Waals surface area (Å²) in [5.41, 5.74) is 2.62. The Kier molecular flexibility index (Phi) is 2.84. The van der Waals surface area contributed by atoms with E-state index in [0.717, 1.165) is 26.8 Å². The minimum atomic E-state index is 0.692. The molecule has 0 saturated carbocycles. The van der Waals surface area contributed by atoms with Gasteiger partial charge in [0.25, 0.3) is 0 Å². The maximum atomic E-state index is 6.31. The van der Waals surface area contributed by atoms with E-state index in [4.69, 9.17) is 11.6 Å². The first-order valence-electron chi connectivity index (χ1n) is 5.40. The monoisotopic (exact) mass is 321 g/mol. The molecule has 1 aromatic carbocycles. The molecule has 3 rings (SSSR count). The standard InChI is InChI=1S/C13H9BrClN3/c1-18-12(5-6-16-18)11-7-10(15)8-3-2-4-9(14)13(8)17-11/h2-7H,1H3. The normalized spacial score (nSPS) is 11.1. The quantitative estimate of drug-likeness (QED) is 0.676. The number of benzene rings is 1. The van der Waals surface area contributed by atoms with Gasteiger partial charge in [0.05, 0.1) is 21.9 Å². The van der Waals surface area contributed by atoms with Crippen LogP contribution < -0.4 is 0 Å². The molecule has 0 atom stereocenters. The lowest BCUT2D eigenvalue weighted by molar-refractivity contribution is 0.774. The van der Waals surface area contributed by atoms with Gasteiger partial charge in [-0.25, -0.2) is 4.98 Å². The van der Waals surface area contributed by atoms with Gasteiger partial charge in [0.1, 0.15) is 0 Å². The highest BCUT2D eigenvalue weighted by atomic mass is 79.9. The number of hydrogen-bond acceptors (Lipinski definition) is 2. The summed E-state index contributed by atoms with van der Waals surface area (Å²) in [5, 5.41) is 5.78. The van der Waals surface area contributed by atoms with Crippen LogP contribution in [0.15, 0.2) is 41.0 Å². The molecule has 0 N–H and O–H groups in total. The van der Waals surface area contributed by atoms with Crippen LogP contribution in [-0.4, -0.2) is 14.8 Å². The fourth-order valence-corrected chi connectivity index (χ4v) is 2.64. The molecule has 2 heterocycles. The lowest BCUT2D eigenvalue weighted by Crippen LogP contribution is -1.96. The van der Waals surface area contributed by atoms with Crippen molar-refractivity contribution in [2.75, 3.05) is 0 Å². The zero-order valence-electron chi connectivity index (χ0n) is 9.56. The molecular weight excluding hydrogens is 314 g/mol. The van der Waals surface area contributed by atoms with Gasteiger partial charge >= 0.3 is 0 Å². The second kappa shape index (κ2) is 4.37. The predicted octanol–water partition coefficient (Wildman–Crippen LogP) is 4.05. The summed E-state index contributed by atoms with van der Waals surface area (Å²) >= 11 is 9.82. The third kappa shape index (κ3) is 1.82. The Labute approximate surface area is 118 Å². The van der Waals surface area contributed by atoms with Crippen molar-refractivity contribution in [3.63, 3.8) is 0 Å². The number of hydrogen-bond donors (Lipinski definition) is 0. The van der Waals surface area contributed by atoms with E-state index < -0.39 is 0 Å². The van der Waals surface area contributed by atoms with Gasteiger partial charge < -0.3 is 0 Å². The zero-order chi connectivity index (χ0) is 12.7. The summed E-state index contributed by atoms with van der Waals surface area (Å²) in [6.07, 6.45) is 1.75. The van der Waals surface area contributed by atoms with Crippen LogP contribution in [0.2, 0.25) is 5.02 Å². The summed E-state index contributed by atoms with van der Waals surface area (Å²) in [6.45, 7) is 0. The first-order chi connectivity index (χ1) is 8.66. The van der Waals surface area contributed by atoms with Gasteiger partial charge in [-0.3, -0.25) is 4.68 Å². The van der Waals surface area contributed by atoms with Gasteiger partial charge in [-0.2, -0.15) is 5.10 Å². The van der Waals surface area contributed by atoms with Crippen LogP contribution in [0.1, 0.15) is 0 Å². The number of fused-ring (bicyclic) bond motifs is 1. The number of pyridine rings is 1. The molecule has 0 fully saturated rings. The molecule has 0 aliphatic rings. The van der Waals surface area contributed by atoms with Gasteiger partial charge in [-0.15, -0.1) is 0 Å². The van der Waals surface area contributed by atoms with Crippen molar-refractivity contribution in [2.24, 2.45) is 7.05 Å². The Morgan fingerprint density at radius 1 is 1.28 bits per heavy atom. The van der Waals surface area contributed by atoms with Gasteiger partial charge in [0.2, 0.25) is 0 Å². The fraction of sp³-hybridized carbons (Fsp3) is 0.0769. The Balaban J connectivity index is 2.34. The third-order valence-corrected chi connectivity index (χ3v) is 3.78. The summed E-state index contributed by atoms with van der Waals surface area (Å²) in [4.78, 5) is 4.65. The highest BCUT2D eigenvalue weighted by Crippen LogP contribution is 2.31. The first kappa shape index (κ1) is 11.7. The summed E-state index contributed by atoms with van der Waals surface area (Å²) in [5.74, 6) is 0. The van der Waals surface area contributed by atoms with E-state index in [-0.39, 0.29) is 0 Å². The SMILES string of the molecule is Cn1nccc1-c1cc(Cl)c2cccc(Br)c2n1. The van der Waals surface area contributed by atoms with Crippen molar-refractivity contribution in [3.8, 4) is 11.4 Å². The van der Waals surface area contributed by atoms with Crippen LogP contribution in [0.25, 0.3) is 22.3 Å². The Morgan fingerprint density at radius 2 is 2.11 bits per heavy atom. The molecule has 18 heavy (non-hydrogen) atoms. The summed E-state index contributed by atoms with van der Waals surface area (Å²) in [7, 11) is 1.88. The van der Waals surface area contributed by atoms with Gasteiger partial charge in [0, 0.05) is 23.1 Å². The largest absolute Gasteiger partial charge is 0.266 e. The molecule has 90 valence electrons. The van der Waals surface area contributed by atoms with Crippen LogP contribution in [0, 0.1) is 0 Å². The zero-order valence-corrected chi connectivity index (χ0v) is 11.9. The van der Waals surface area contributed by atoms with Crippen molar-refractivity contribution in [3.05, 3.63) is 46.0 Å². The maximum Gasteiger partial charge on any atom is 0.0905 e. The number of aryl methyl sites for hydroxylation is 1. The molecule has 0 unspecified atom stereocenters. The molecule has 0 amide bonds. The van der Waals surface area contributed by atoms with Crippen molar-refractivity contribution in [1.82, 2.24) is 14.8 Å². The minimum absolute atomic E-state index is 0.692. The second-order valence-corrected chi connectivity index (χ2v) is 5.23. The predicted molar refractivity (Wildman–Crippen MR) is 76.7 cm³/mol. The molecule has 0 radical (unpaired) electrons. The second-order valence-electron chi connectivity index (χ2n) is 3.97. The van der Waals surface area contributed by atoms with E-state index in [2.05, 4.69) is 26.0 Å². The fourth-order valence-electron chi connectivity index (χ4n) is 1.93. The molecule has 3 nitrogen and oxygen atoms in total. The van der Waals surface area contributed by atoms with Gasteiger partial charge in [-0.05, 0) is 34.1 Å². The van der Waals surface area contributed by atoms with E-state index in [0.29, 0.717) is 5.02 Å². The van der Waals surface area contributed by atoms with Crippen molar-refractivity contribution in [1.29, 1.82) is 0 Å². The van der Waals surface area contributed by atoms with Crippen LogP contribution in [-0.2, 0) is 7.05 Å². The van der Waals surface area contributed by atoms with E-state index in [1.54, 1.807) is 10.9 Å². The Bertz CT molecular complexity index is 736. The van der Waals surface area contributed by atoms with Gasteiger partial charge in [-0.1, -0.05) is 23.7 Å². The third-order valence-electron chi connectivity index (χ3n) is 2.82. The van der Waals surface area contributed by atoms with Crippen LogP contribution >= 0.6 is 27.5 Å². The van der Waals surface area contributed by atoms with E-state index in [1.807, 2.05) is 37.4 Å². The Hall–Kier alpha value is -1.39. The van der Waals surface area contributed by atoms with E-state index in [9.17, 15) is 0 Å². The molecule has 0 aliphatic carbocycles. The number of rotatable bonds is 1. The smallest absolute Gasteiger partial charge is 0.0905 e. The van der Waals surface area contributed by atoms with Crippen molar-refractivity contribution < 1.29 is 0 Å². The van der Waals surface area contributed by atoms with Crippen LogP contribution in [0.4, 0.5) is 0 Å².